The van der Waals surface area contributed by atoms with E-state index in [2.05, 4.69) is 26.3 Å². The molecule has 1 atom stereocenters. The summed E-state index contributed by atoms with van der Waals surface area (Å²) in [6.45, 7) is 5.79. The van der Waals surface area contributed by atoms with Crippen molar-refractivity contribution in [3.63, 3.8) is 0 Å². The Morgan fingerprint density at radius 3 is 2.79 bits per heavy atom. The molecular weight excluding hydrogens is 422 g/mol. The van der Waals surface area contributed by atoms with Gasteiger partial charge < -0.3 is 10.5 Å². The fourth-order valence-corrected chi connectivity index (χ4v) is 4.19. The molecule has 1 aliphatic heterocycles. The number of aryl methyl sites for hydroxylation is 3. The molecule has 2 N–H and O–H groups in total. The van der Waals surface area contributed by atoms with Gasteiger partial charge in [-0.2, -0.15) is 20.0 Å². The number of anilines is 1. The van der Waals surface area contributed by atoms with Crippen molar-refractivity contribution in [1.29, 1.82) is 5.26 Å². The number of ether oxygens (including phenoxy) is 1. The predicted octanol–water partition coefficient (Wildman–Crippen LogP) is 1.80. The van der Waals surface area contributed by atoms with Crippen molar-refractivity contribution in [2.75, 3.05) is 5.73 Å². The maximum absolute atomic E-state index is 13.0. The van der Waals surface area contributed by atoms with Gasteiger partial charge in [-0.05, 0) is 26.8 Å². The van der Waals surface area contributed by atoms with Crippen LogP contribution in [0.3, 0.4) is 0 Å². The molecule has 4 aromatic rings. The first-order valence-electron chi connectivity index (χ1n) is 10.3. The van der Waals surface area contributed by atoms with Crippen LogP contribution in [0.15, 0.2) is 29.1 Å². The molecule has 33 heavy (non-hydrogen) atoms. The van der Waals surface area contributed by atoms with Crippen LogP contribution in [0, 0.1) is 25.2 Å². The second kappa shape index (κ2) is 7.30. The maximum Gasteiger partial charge on any atom is 0.368 e. The van der Waals surface area contributed by atoms with E-state index in [4.69, 9.17) is 10.5 Å². The van der Waals surface area contributed by atoms with Crippen molar-refractivity contribution < 1.29 is 4.74 Å². The van der Waals surface area contributed by atoms with E-state index in [-0.39, 0.29) is 12.4 Å². The van der Waals surface area contributed by atoms with Crippen LogP contribution in [-0.2, 0) is 13.6 Å². The van der Waals surface area contributed by atoms with Gasteiger partial charge in [0.05, 0.1) is 23.5 Å². The third-order valence-electron chi connectivity index (χ3n) is 5.77. The van der Waals surface area contributed by atoms with Crippen LogP contribution < -0.4 is 16.2 Å². The van der Waals surface area contributed by atoms with Gasteiger partial charge in [0.25, 0.3) is 0 Å². The Morgan fingerprint density at radius 2 is 2.03 bits per heavy atom. The summed E-state index contributed by atoms with van der Waals surface area (Å²) in [6, 6.07) is 9.62. The smallest absolute Gasteiger partial charge is 0.368 e. The lowest BCUT2D eigenvalue weighted by molar-refractivity contribution is 0.226. The van der Waals surface area contributed by atoms with Gasteiger partial charge in [0.2, 0.25) is 0 Å². The lowest BCUT2D eigenvalue weighted by atomic mass is 10.0. The maximum atomic E-state index is 13.0. The second-order valence-electron chi connectivity index (χ2n) is 8.02. The molecule has 1 aliphatic rings. The standard InChI is InChI=1S/C22H21N9O2/c1-11-5-6-17-14(7-11)12(2)33-19-8-15(26-27-21(19)24)20-16(28-29(4)18(20)9-23)10-30-13(3)25-22(32)31(17)30/h5-8,12H,10H2,1-4H3,(H2,24,27)/t12-/m1/s1. The molecule has 2 bridgehead atoms. The summed E-state index contributed by atoms with van der Waals surface area (Å²) in [5.41, 5.74) is 9.84. The minimum atomic E-state index is -0.474. The van der Waals surface area contributed by atoms with E-state index in [0.29, 0.717) is 39.9 Å². The Labute approximate surface area is 188 Å². The van der Waals surface area contributed by atoms with E-state index in [1.807, 2.05) is 32.0 Å². The molecule has 4 heterocycles. The van der Waals surface area contributed by atoms with Crippen LogP contribution in [0.1, 0.15) is 41.4 Å². The molecule has 0 fully saturated rings. The molecule has 0 unspecified atom stereocenters. The number of nitrogens with two attached hydrogens (primary N) is 1. The number of aromatic nitrogens is 7. The molecule has 0 saturated carbocycles. The first-order chi connectivity index (χ1) is 15.8. The summed E-state index contributed by atoms with van der Waals surface area (Å²) in [7, 11) is 1.68. The quantitative estimate of drug-likeness (QED) is 0.433. The lowest BCUT2D eigenvalue weighted by Gasteiger charge is -2.22. The Hall–Kier alpha value is -4.46. The Balaban J connectivity index is 1.89. The van der Waals surface area contributed by atoms with E-state index >= 15 is 0 Å². The number of rotatable bonds is 0. The van der Waals surface area contributed by atoms with Crippen LogP contribution >= 0.6 is 0 Å². The van der Waals surface area contributed by atoms with Crippen molar-refractivity contribution in [3.8, 4) is 28.8 Å². The molecule has 0 saturated heterocycles. The van der Waals surface area contributed by atoms with Crippen LogP contribution in [0.25, 0.3) is 16.9 Å². The van der Waals surface area contributed by atoms with E-state index in [1.165, 1.54) is 9.36 Å². The molecular formula is C22H21N9O2. The SMILES string of the molecule is Cc1ccc2c(c1)[C@@H](C)Oc1cc(nnc1N)-c1c(nn(C)c1C#N)Cn1c(C)nc(=O)n1-2. The average Bonchev–Trinajstić information content (AvgIpc) is 3.23. The molecule has 166 valence electrons. The van der Waals surface area contributed by atoms with Crippen molar-refractivity contribution in [1.82, 2.24) is 34.3 Å². The van der Waals surface area contributed by atoms with Crippen LogP contribution in [0.2, 0.25) is 0 Å². The molecule has 0 aliphatic carbocycles. The summed E-state index contributed by atoms with van der Waals surface area (Å²) in [6.07, 6.45) is -0.474. The topological polar surface area (TPSA) is 142 Å². The Kier molecular flexibility index (Phi) is 4.52. The second-order valence-corrected chi connectivity index (χ2v) is 8.02. The first-order valence-corrected chi connectivity index (χ1v) is 10.3. The average molecular weight is 443 g/mol. The van der Waals surface area contributed by atoms with Crippen molar-refractivity contribution in [2.45, 2.75) is 33.4 Å². The monoisotopic (exact) mass is 443 g/mol. The van der Waals surface area contributed by atoms with E-state index in [0.717, 1.165) is 11.1 Å². The van der Waals surface area contributed by atoms with Gasteiger partial charge >= 0.3 is 5.69 Å². The van der Waals surface area contributed by atoms with Crippen LogP contribution in [-0.4, -0.2) is 34.3 Å². The van der Waals surface area contributed by atoms with Gasteiger partial charge in [-0.1, -0.05) is 17.7 Å². The first kappa shape index (κ1) is 20.4. The molecule has 3 aromatic heterocycles. The van der Waals surface area contributed by atoms with Gasteiger partial charge in [0, 0.05) is 18.7 Å². The van der Waals surface area contributed by atoms with Crippen molar-refractivity contribution >= 4 is 5.82 Å². The molecule has 0 amide bonds. The largest absolute Gasteiger partial charge is 0.482 e. The summed E-state index contributed by atoms with van der Waals surface area (Å²) in [5, 5.41) is 22.6. The van der Waals surface area contributed by atoms with Crippen LogP contribution in [0.4, 0.5) is 5.82 Å². The van der Waals surface area contributed by atoms with E-state index in [9.17, 15) is 10.1 Å². The summed E-state index contributed by atoms with van der Waals surface area (Å²) >= 11 is 0. The van der Waals surface area contributed by atoms with Gasteiger partial charge in [-0.3, -0.25) is 9.36 Å². The fraction of sp³-hybridized carbons (Fsp3) is 0.273. The van der Waals surface area contributed by atoms with Gasteiger partial charge in [0.15, 0.2) is 11.6 Å². The van der Waals surface area contributed by atoms with Gasteiger partial charge in [0.1, 0.15) is 29.4 Å². The molecule has 11 nitrogen and oxygen atoms in total. The number of hydrogen-bond acceptors (Lipinski definition) is 8. The normalized spacial score (nSPS) is 14.7. The molecule has 5 rings (SSSR count). The third kappa shape index (κ3) is 3.15. The summed E-state index contributed by atoms with van der Waals surface area (Å²) in [4.78, 5) is 17.2. The zero-order valence-electron chi connectivity index (χ0n) is 18.6. The minimum Gasteiger partial charge on any atom is -0.482 e. The summed E-state index contributed by atoms with van der Waals surface area (Å²) in [5.74, 6) is 0.964. The molecule has 0 radical (unpaired) electrons. The zero-order valence-corrected chi connectivity index (χ0v) is 18.6. The highest BCUT2D eigenvalue weighted by Crippen LogP contribution is 2.34. The van der Waals surface area contributed by atoms with E-state index < -0.39 is 11.8 Å². The highest BCUT2D eigenvalue weighted by atomic mass is 16.5. The molecule has 0 spiro atoms. The van der Waals surface area contributed by atoms with Crippen LogP contribution in [0.5, 0.6) is 5.75 Å². The number of hydrogen-bond donors (Lipinski definition) is 1. The highest BCUT2D eigenvalue weighted by molar-refractivity contribution is 5.70. The fourth-order valence-electron chi connectivity index (χ4n) is 4.19. The van der Waals surface area contributed by atoms with Crippen molar-refractivity contribution in [2.24, 2.45) is 7.05 Å². The number of nitriles is 1. The predicted molar refractivity (Wildman–Crippen MR) is 119 cm³/mol. The Morgan fingerprint density at radius 1 is 1.24 bits per heavy atom. The van der Waals surface area contributed by atoms with E-state index in [1.54, 1.807) is 24.7 Å². The number of benzene rings is 1. The number of nitrogens with zero attached hydrogens (tertiary/aromatic N) is 8. The van der Waals surface area contributed by atoms with Gasteiger partial charge in [-0.15, -0.1) is 10.2 Å². The molecule has 1 aromatic carbocycles. The Bertz CT molecular complexity index is 1520. The zero-order chi connectivity index (χ0) is 23.4. The summed E-state index contributed by atoms with van der Waals surface area (Å²) < 4.78 is 11.0. The molecule has 11 heteroatoms. The van der Waals surface area contributed by atoms with Crippen molar-refractivity contribution in [3.05, 3.63) is 63.1 Å². The minimum absolute atomic E-state index is 0.124. The third-order valence-corrected chi connectivity index (χ3v) is 5.77. The lowest BCUT2D eigenvalue weighted by Crippen LogP contribution is -2.25. The number of nitrogen functional groups attached to an aromatic ring is 1. The number of fused-ring (bicyclic) bond motifs is 7. The highest BCUT2D eigenvalue weighted by Gasteiger charge is 2.26. The van der Waals surface area contributed by atoms with Gasteiger partial charge in [-0.25, -0.2) is 4.79 Å².